The lowest BCUT2D eigenvalue weighted by atomic mass is 10.0. The molecule has 4 nitrogen and oxygen atoms in total. The van der Waals surface area contributed by atoms with Crippen molar-refractivity contribution < 1.29 is 4.74 Å². The first-order valence-electron chi connectivity index (χ1n) is 8.44. The average Bonchev–Trinajstić information content (AvgIpc) is 2.64. The van der Waals surface area contributed by atoms with Crippen LogP contribution in [-0.4, -0.2) is 37.6 Å². The third-order valence-corrected chi connectivity index (χ3v) is 4.41. The molecular weight excluding hydrogens is 425 g/mol. The largest absolute Gasteiger partial charge is 0.370 e. The first-order valence-corrected chi connectivity index (χ1v) is 8.44. The lowest BCUT2D eigenvalue weighted by molar-refractivity contribution is -0.00833. The number of rotatable bonds is 3. The van der Waals surface area contributed by atoms with E-state index < -0.39 is 0 Å². The molecule has 1 atom stereocenters. The number of guanidine groups is 1. The number of aryl methyl sites for hydroxylation is 1. The van der Waals surface area contributed by atoms with Gasteiger partial charge in [-0.15, -0.1) is 24.0 Å². The second-order valence-corrected chi connectivity index (χ2v) is 6.05. The van der Waals surface area contributed by atoms with Crippen LogP contribution in [0.1, 0.15) is 22.8 Å². The van der Waals surface area contributed by atoms with E-state index >= 15 is 0 Å². The average molecular weight is 451 g/mol. The highest BCUT2D eigenvalue weighted by atomic mass is 127. The van der Waals surface area contributed by atoms with Crippen LogP contribution in [0.2, 0.25) is 0 Å². The summed E-state index contributed by atoms with van der Waals surface area (Å²) in [6.45, 7) is 5.31. The van der Waals surface area contributed by atoms with Crippen LogP contribution in [0.25, 0.3) is 0 Å². The third kappa shape index (κ3) is 5.19. The number of nitrogens with one attached hydrogen (secondary N) is 1. The fourth-order valence-electron chi connectivity index (χ4n) is 3.09. The van der Waals surface area contributed by atoms with Crippen molar-refractivity contribution in [2.75, 3.05) is 26.7 Å². The zero-order valence-corrected chi connectivity index (χ0v) is 17.1. The lowest BCUT2D eigenvalue weighted by Gasteiger charge is -2.35. The number of hydrogen-bond donors (Lipinski definition) is 1. The van der Waals surface area contributed by atoms with Gasteiger partial charge in [0.05, 0.1) is 13.2 Å². The first kappa shape index (κ1) is 19.7. The molecule has 0 bridgehead atoms. The third-order valence-electron chi connectivity index (χ3n) is 4.41. The summed E-state index contributed by atoms with van der Waals surface area (Å²) in [4.78, 5) is 6.73. The van der Waals surface area contributed by atoms with Gasteiger partial charge >= 0.3 is 0 Å². The van der Waals surface area contributed by atoms with Gasteiger partial charge in [-0.3, -0.25) is 4.99 Å². The highest BCUT2D eigenvalue weighted by Gasteiger charge is 2.24. The van der Waals surface area contributed by atoms with E-state index in [1.807, 2.05) is 13.1 Å². The van der Waals surface area contributed by atoms with E-state index in [9.17, 15) is 0 Å². The first-order chi connectivity index (χ1) is 11.8. The minimum Gasteiger partial charge on any atom is -0.370 e. The Labute approximate surface area is 167 Å². The van der Waals surface area contributed by atoms with Gasteiger partial charge in [-0.05, 0) is 23.6 Å². The molecule has 0 radical (unpaired) electrons. The summed E-state index contributed by atoms with van der Waals surface area (Å²) in [5, 5.41) is 3.46. The van der Waals surface area contributed by atoms with Crippen molar-refractivity contribution in [2.45, 2.75) is 19.6 Å². The molecule has 2 aromatic rings. The molecule has 1 heterocycles. The lowest BCUT2D eigenvalue weighted by Crippen LogP contribution is -2.48. The molecule has 1 saturated heterocycles. The Kier molecular flexibility index (Phi) is 7.71. The van der Waals surface area contributed by atoms with Gasteiger partial charge in [0, 0.05) is 20.1 Å². The van der Waals surface area contributed by atoms with E-state index in [0.29, 0.717) is 6.61 Å². The van der Waals surface area contributed by atoms with Gasteiger partial charge in [0.2, 0.25) is 0 Å². The van der Waals surface area contributed by atoms with Crippen molar-refractivity contribution in [3.63, 3.8) is 0 Å². The van der Waals surface area contributed by atoms with E-state index in [0.717, 1.165) is 25.6 Å². The van der Waals surface area contributed by atoms with Crippen LogP contribution in [0.15, 0.2) is 59.6 Å². The van der Waals surface area contributed by atoms with Gasteiger partial charge in [0.1, 0.15) is 6.10 Å². The minimum atomic E-state index is 0. The van der Waals surface area contributed by atoms with Crippen LogP contribution in [0, 0.1) is 6.92 Å². The van der Waals surface area contributed by atoms with Crippen LogP contribution >= 0.6 is 24.0 Å². The fourth-order valence-corrected chi connectivity index (χ4v) is 3.09. The van der Waals surface area contributed by atoms with Crippen molar-refractivity contribution in [1.82, 2.24) is 10.2 Å². The number of morpholine rings is 1. The quantitative estimate of drug-likeness (QED) is 0.439. The molecule has 2 aromatic carbocycles. The Morgan fingerprint density at radius 2 is 1.88 bits per heavy atom. The zero-order chi connectivity index (χ0) is 16.8. The summed E-state index contributed by atoms with van der Waals surface area (Å²) in [7, 11) is 1.84. The van der Waals surface area contributed by atoms with Crippen molar-refractivity contribution >= 4 is 29.9 Å². The molecule has 0 aliphatic carbocycles. The molecular formula is C20H26IN3O. The molecule has 1 aliphatic rings. The smallest absolute Gasteiger partial charge is 0.194 e. The molecule has 0 saturated carbocycles. The highest BCUT2D eigenvalue weighted by molar-refractivity contribution is 14.0. The van der Waals surface area contributed by atoms with Gasteiger partial charge in [-0.1, -0.05) is 54.6 Å². The van der Waals surface area contributed by atoms with Gasteiger partial charge in [0.15, 0.2) is 5.96 Å². The second kappa shape index (κ2) is 9.77. The van der Waals surface area contributed by atoms with Crippen molar-refractivity contribution in [3.8, 4) is 0 Å². The van der Waals surface area contributed by atoms with Crippen molar-refractivity contribution in [2.24, 2.45) is 4.99 Å². The molecule has 0 aromatic heterocycles. The fraction of sp³-hybridized carbons (Fsp3) is 0.350. The maximum Gasteiger partial charge on any atom is 0.194 e. The Bertz CT molecular complexity index is 690. The Balaban J connectivity index is 0.00000225. The molecule has 1 N–H and O–H groups in total. The summed E-state index contributed by atoms with van der Waals surface area (Å²) in [6.07, 6.45) is 0.0928. The minimum absolute atomic E-state index is 0. The standard InChI is InChI=1S/C20H25N3O.HI/c1-16-8-6-7-11-18(16)19-15-23(12-13-24-19)20(21-2)22-14-17-9-4-3-5-10-17;/h3-11,19H,12-15H2,1-2H3,(H,21,22);1H. The van der Waals surface area contributed by atoms with Crippen LogP contribution in [0.3, 0.4) is 0 Å². The van der Waals surface area contributed by atoms with Gasteiger partial charge in [-0.2, -0.15) is 0 Å². The van der Waals surface area contributed by atoms with Crippen LogP contribution in [-0.2, 0) is 11.3 Å². The molecule has 5 heteroatoms. The summed E-state index contributed by atoms with van der Waals surface area (Å²) in [5.74, 6) is 0.931. The second-order valence-electron chi connectivity index (χ2n) is 6.05. The van der Waals surface area contributed by atoms with Crippen molar-refractivity contribution in [1.29, 1.82) is 0 Å². The molecule has 3 rings (SSSR count). The van der Waals surface area contributed by atoms with Gasteiger partial charge in [0.25, 0.3) is 0 Å². The topological polar surface area (TPSA) is 36.9 Å². The van der Waals surface area contributed by atoms with Crippen molar-refractivity contribution in [3.05, 3.63) is 71.3 Å². The molecule has 1 aliphatic heterocycles. The maximum atomic E-state index is 6.01. The SMILES string of the molecule is CN=C(NCc1ccccc1)N1CCOC(c2ccccc2C)C1.I. The zero-order valence-electron chi connectivity index (χ0n) is 14.8. The normalized spacial score (nSPS) is 17.8. The number of nitrogens with zero attached hydrogens (tertiary/aromatic N) is 2. The predicted octanol–water partition coefficient (Wildman–Crippen LogP) is 3.76. The molecule has 1 unspecified atom stereocenters. The Morgan fingerprint density at radius 3 is 2.60 bits per heavy atom. The van der Waals surface area contributed by atoms with Gasteiger partial charge < -0.3 is 15.0 Å². The summed E-state index contributed by atoms with van der Waals surface area (Å²) >= 11 is 0. The summed E-state index contributed by atoms with van der Waals surface area (Å²) in [6, 6.07) is 18.8. The molecule has 25 heavy (non-hydrogen) atoms. The van der Waals surface area contributed by atoms with E-state index in [4.69, 9.17) is 4.74 Å². The van der Waals surface area contributed by atoms with Crippen LogP contribution in [0.5, 0.6) is 0 Å². The van der Waals surface area contributed by atoms with Crippen LogP contribution < -0.4 is 5.32 Å². The predicted molar refractivity (Wildman–Crippen MR) is 114 cm³/mol. The maximum absolute atomic E-state index is 6.01. The van der Waals surface area contributed by atoms with E-state index in [1.165, 1.54) is 16.7 Å². The van der Waals surface area contributed by atoms with E-state index in [-0.39, 0.29) is 30.1 Å². The van der Waals surface area contributed by atoms with E-state index in [1.54, 1.807) is 0 Å². The summed E-state index contributed by atoms with van der Waals surface area (Å²) < 4.78 is 6.01. The Hall–Kier alpha value is -1.60. The number of halogens is 1. The van der Waals surface area contributed by atoms with Gasteiger partial charge in [-0.25, -0.2) is 0 Å². The van der Waals surface area contributed by atoms with Crippen LogP contribution in [0.4, 0.5) is 0 Å². The monoisotopic (exact) mass is 451 g/mol. The number of benzene rings is 2. The molecule has 0 amide bonds. The molecule has 134 valence electrons. The number of hydrogen-bond acceptors (Lipinski definition) is 2. The number of ether oxygens (including phenoxy) is 1. The highest BCUT2D eigenvalue weighted by Crippen LogP contribution is 2.24. The number of aliphatic imine (C=N–C) groups is 1. The molecule has 1 fully saturated rings. The van der Waals surface area contributed by atoms with E-state index in [2.05, 4.69) is 70.7 Å². The summed E-state index contributed by atoms with van der Waals surface area (Å²) in [5.41, 5.74) is 3.79. The molecule has 0 spiro atoms. The Morgan fingerprint density at radius 1 is 1.16 bits per heavy atom.